The fraction of sp³-hybridized carbons (Fsp3) is 0.917. The Morgan fingerprint density at radius 2 is 2.07 bits per heavy atom. The number of ketones is 1. The van der Waals surface area contributed by atoms with Gasteiger partial charge < -0.3 is 4.90 Å². The Balaban J connectivity index is 2.30. The summed E-state index contributed by atoms with van der Waals surface area (Å²) in [5.74, 6) is 0.695. The van der Waals surface area contributed by atoms with Gasteiger partial charge in [0.15, 0.2) is 0 Å². The molecule has 0 spiro atoms. The third-order valence-electron chi connectivity index (χ3n) is 2.93. The van der Waals surface area contributed by atoms with Gasteiger partial charge in [-0.15, -0.1) is 0 Å². The van der Waals surface area contributed by atoms with Crippen LogP contribution in [0.15, 0.2) is 0 Å². The second kappa shape index (κ2) is 4.43. The van der Waals surface area contributed by atoms with Crippen molar-refractivity contribution >= 4 is 5.78 Å². The van der Waals surface area contributed by atoms with Crippen molar-refractivity contribution in [3.63, 3.8) is 0 Å². The Morgan fingerprint density at radius 3 is 2.57 bits per heavy atom. The van der Waals surface area contributed by atoms with Gasteiger partial charge in [-0.25, -0.2) is 0 Å². The number of piperidine rings is 1. The highest BCUT2D eigenvalue weighted by molar-refractivity contribution is 5.81. The fourth-order valence-corrected chi connectivity index (χ4v) is 1.79. The standard InChI is InChI=1S/C12H23NO/c1-10-9-13(7-5-11(10)14)8-6-12(2,3)4/h10H,5-9H2,1-4H3. The molecule has 1 heterocycles. The van der Waals surface area contributed by atoms with Crippen molar-refractivity contribution in [3.05, 3.63) is 0 Å². The molecule has 1 aliphatic heterocycles. The Hall–Kier alpha value is -0.370. The Kier molecular flexibility index (Phi) is 3.71. The largest absolute Gasteiger partial charge is 0.302 e. The van der Waals surface area contributed by atoms with E-state index in [2.05, 4.69) is 25.7 Å². The third-order valence-corrected chi connectivity index (χ3v) is 2.93. The van der Waals surface area contributed by atoms with Crippen LogP contribution in [0.3, 0.4) is 0 Å². The minimum Gasteiger partial charge on any atom is -0.302 e. The predicted molar refractivity (Wildman–Crippen MR) is 59.3 cm³/mol. The number of likely N-dealkylation sites (tertiary alicyclic amines) is 1. The van der Waals surface area contributed by atoms with Crippen molar-refractivity contribution < 1.29 is 4.79 Å². The van der Waals surface area contributed by atoms with Gasteiger partial charge in [0.1, 0.15) is 5.78 Å². The van der Waals surface area contributed by atoms with Crippen LogP contribution in [0.5, 0.6) is 0 Å². The monoisotopic (exact) mass is 197 g/mol. The van der Waals surface area contributed by atoms with Gasteiger partial charge in [0.25, 0.3) is 0 Å². The smallest absolute Gasteiger partial charge is 0.138 e. The Morgan fingerprint density at radius 1 is 1.43 bits per heavy atom. The molecule has 0 amide bonds. The third kappa shape index (κ3) is 3.79. The maximum Gasteiger partial charge on any atom is 0.138 e. The number of hydrogen-bond acceptors (Lipinski definition) is 2. The Labute approximate surface area is 87.7 Å². The van der Waals surface area contributed by atoms with E-state index in [1.165, 1.54) is 6.42 Å². The van der Waals surface area contributed by atoms with Crippen molar-refractivity contribution in [1.82, 2.24) is 4.90 Å². The van der Waals surface area contributed by atoms with E-state index in [-0.39, 0.29) is 5.92 Å². The van der Waals surface area contributed by atoms with E-state index < -0.39 is 0 Å². The topological polar surface area (TPSA) is 20.3 Å². The van der Waals surface area contributed by atoms with Crippen LogP contribution in [0, 0.1) is 11.3 Å². The van der Waals surface area contributed by atoms with Crippen molar-refractivity contribution in [2.24, 2.45) is 11.3 Å². The molecule has 0 bridgehead atoms. The molecule has 0 radical (unpaired) electrons. The highest BCUT2D eigenvalue weighted by atomic mass is 16.1. The number of Topliss-reactive ketones (excluding diaryl/α,β-unsaturated/α-hetero) is 1. The molecule has 14 heavy (non-hydrogen) atoms. The molecule has 1 atom stereocenters. The van der Waals surface area contributed by atoms with E-state index in [0.29, 0.717) is 11.2 Å². The average molecular weight is 197 g/mol. The fourth-order valence-electron chi connectivity index (χ4n) is 1.79. The first-order valence-electron chi connectivity index (χ1n) is 5.63. The highest BCUT2D eigenvalue weighted by Gasteiger charge is 2.24. The molecule has 2 nitrogen and oxygen atoms in total. The zero-order valence-electron chi connectivity index (χ0n) is 9.97. The molecule has 1 aliphatic rings. The summed E-state index contributed by atoms with van der Waals surface area (Å²) in [7, 11) is 0. The molecule has 2 heteroatoms. The summed E-state index contributed by atoms with van der Waals surface area (Å²) in [4.78, 5) is 13.7. The quantitative estimate of drug-likeness (QED) is 0.677. The van der Waals surface area contributed by atoms with E-state index in [9.17, 15) is 4.79 Å². The lowest BCUT2D eigenvalue weighted by atomic mass is 9.91. The van der Waals surface area contributed by atoms with E-state index in [1.54, 1.807) is 0 Å². The first-order chi connectivity index (χ1) is 6.38. The van der Waals surface area contributed by atoms with Crippen molar-refractivity contribution in [1.29, 1.82) is 0 Å². The lowest BCUT2D eigenvalue weighted by Gasteiger charge is -2.32. The number of carbonyl (C=O) groups excluding carboxylic acids is 1. The summed E-state index contributed by atoms with van der Waals surface area (Å²) in [5, 5.41) is 0. The molecule has 82 valence electrons. The van der Waals surface area contributed by atoms with Crippen LogP contribution >= 0.6 is 0 Å². The van der Waals surface area contributed by atoms with Gasteiger partial charge in [0.2, 0.25) is 0 Å². The molecule has 0 saturated carbocycles. The van der Waals surface area contributed by atoms with Gasteiger partial charge in [0.05, 0.1) is 0 Å². The SMILES string of the molecule is CC1CN(CCC(C)(C)C)CCC1=O. The number of rotatable bonds is 2. The summed E-state index contributed by atoms with van der Waals surface area (Å²) < 4.78 is 0. The van der Waals surface area contributed by atoms with Crippen molar-refractivity contribution in [2.45, 2.75) is 40.5 Å². The maximum absolute atomic E-state index is 11.3. The van der Waals surface area contributed by atoms with E-state index in [1.807, 2.05) is 6.92 Å². The first-order valence-corrected chi connectivity index (χ1v) is 5.63. The van der Waals surface area contributed by atoms with Gasteiger partial charge >= 0.3 is 0 Å². The van der Waals surface area contributed by atoms with Gasteiger partial charge in [-0.2, -0.15) is 0 Å². The van der Waals surface area contributed by atoms with Crippen LogP contribution in [0.25, 0.3) is 0 Å². The molecule has 1 fully saturated rings. The van der Waals surface area contributed by atoms with Gasteiger partial charge in [-0.05, 0) is 18.4 Å². The highest BCUT2D eigenvalue weighted by Crippen LogP contribution is 2.20. The summed E-state index contributed by atoms with van der Waals surface area (Å²) >= 11 is 0. The number of carbonyl (C=O) groups is 1. The summed E-state index contributed by atoms with van der Waals surface area (Å²) in [5.41, 5.74) is 0.407. The normalized spacial score (nSPS) is 25.4. The van der Waals surface area contributed by atoms with Crippen molar-refractivity contribution in [3.8, 4) is 0 Å². The molecule has 0 aromatic heterocycles. The van der Waals surface area contributed by atoms with E-state index in [0.717, 1.165) is 26.1 Å². The van der Waals surface area contributed by atoms with Gasteiger partial charge in [0, 0.05) is 25.4 Å². The molecule has 0 aromatic rings. The molecule has 1 unspecified atom stereocenters. The lowest BCUT2D eigenvalue weighted by molar-refractivity contribution is -0.125. The first kappa shape index (κ1) is 11.7. The van der Waals surface area contributed by atoms with Crippen molar-refractivity contribution in [2.75, 3.05) is 19.6 Å². The molecule has 1 saturated heterocycles. The van der Waals surface area contributed by atoms with Crippen LogP contribution in [-0.4, -0.2) is 30.3 Å². The van der Waals surface area contributed by atoms with E-state index in [4.69, 9.17) is 0 Å². The molecule has 1 rings (SSSR count). The van der Waals surface area contributed by atoms with Crippen LogP contribution in [-0.2, 0) is 4.79 Å². The summed E-state index contributed by atoms with van der Waals surface area (Å²) in [6, 6.07) is 0. The van der Waals surface area contributed by atoms with Gasteiger partial charge in [-0.3, -0.25) is 4.79 Å². The minimum atomic E-state index is 0.253. The van der Waals surface area contributed by atoms with Crippen LogP contribution in [0.2, 0.25) is 0 Å². The predicted octanol–water partition coefficient (Wildman–Crippen LogP) is 2.33. The second-order valence-corrected chi connectivity index (χ2v) is 5.73. The zero-order valence-corrected chi connectivity index (χ0v) is 9.97. The van der Waals surface area contributed by atoms with Gasteiger partial charge in [-0.1, -0.05) is 27.7 Å². The summed E-state index contributed by atoms with van der Waals surface area (Å²) in [6.07, 6.45) is 1.97. The average Bonchev–Trinajstić information content (AvgIpc) is 2.06. The second-order valence-electron chi connectivity index (χ2n) is 5.73. The van der Waals surface area contributed by atoms with Crippen LogP contribution < -0.4 is 0 Å². The summed E-state index contributed by atoms with van der Waals surface area (Å²) in [6.45, 7) is 11.9. The van der Waals surface area contributed by atoms with Crippen LogP contribution in [0.1, 0.15) is 40.5 Å². The molecular formula is C12H23NO. The minimum absolute atomic E-state index is 0.253. The molecule has 0 N–H and O–H groups in total. The maximum atomic E-state index is 11.3. The number of hydrogen-bond donors (Lipinski definition) is 0. The molecule has 0 aromatic carbocycles. The molecule has 0 aliphatic carbocycles. The van der Waals surface area contributed by atoms with Crippen LogP contribution in [0.4, 0.5) is 0 Å². The van der Waals surface area contributed by atoms with E-state index >= 15 is 0 Å². The lowest BCUT2D eigenvalue weighted by Crippen LogP contribution is -2.40. The molecular weight excluding hydrogens is 174 g/mol. The zero-order chi connectivity index (χ0) is 10.8. The number of nitrogens with zero attached hydrogens (tertiary/aromatic N) is 1. The Bertz CT molecular complexity index is 205.